The van der Waals surface area contributed by atoms with Crippen LogP contribution in [0.15, 0.2) is 40.7 Å². The molecule has 6 nitrogen and oxygen atoms in total. The Morgan fingerprint density at radius 2 is 2.03 bits per heavy atom. The zero-order chi connectivity index (χ0) is 21.9. The second kappa shape index (κ2) is 12.4. The summed E-state index contributed by atoms with van der Waals surface area (Å²) < 4.78 is 11.1. The summed E-state index contributed by atoms with van der Waals surface area (Å²) in [7, 11) is 1.67. The maximum absolute atomic E-state index is 5.69. The fourth-order valence-corrected chi connectivity index (χ4v) is 4.61. The summed E-state index contributed by atoms with van der Waals surface area (Å²) in [6.45, 7) is 8.59. The lowest BCUT2D eigenvalue weighted by molar-refractivity contribution is 0.310. The number of anilines is 1. The van der Waals surface area contributed by atoms with Crippen molar-refractivity contribution in [2.24, 2.45) is 4.99 Å². The van der Waals surface area contributed by atoms with Gasteiger partial charge in [0, 0.05) is 32.2 Å². The van der Waals surface area contributed by atoms with Gasteiger partial charge in [-0.2, -0.15) is 0 Å². The van der Waals surface area contributed by atoms with E-state index in [1.54, 1.807) is 7.11 Å². The van der Waals surface area contributed by atoms with Crippen molar-refractivity contribution in [1.82, 2.24) is 10.6 Å². The number of nitrogens with zero attached hydrogens (tertiary/aromatic N) is 2. The van der Waals surface area contributed by atoms with Gasteiger partial charge in [-0.15, -0.1) is 11.3 Å². The van der Waals surface area contributed by atoms with Gasteiger partial charge in [0.05, 0.1) is 18.7 Å². The summed E-state index contributed by atoms with van der Waals surface area (Å²) >= 11 is 1.82. The minimum absolute atomic E-state index is 0.476. The van der Waals surface area contributed by atoms with E-state index in [4.69, 9.17) is 14.5 Å². The minimum Gasteiger partial charge on any atom is -0.493 e. The molecule has 0 saturated carbocycles. The number of aryl methyl sites for hydroxylation is 1. The van der Waals surface area contributed by atoms with E-state index in [1.165, 1.54) is 10.6 Å². The lowest BCUT2D eigenvalue weighted by atomic mass is 10.1. The predicted molar refractivity (Wildman–Crippen MR) is 131 cm³/mol. The monoisotopic (exact) mass is 444 g/mol. The summed E-state index contributed by atoms with van der Waals surface area (Å²) in [4.78, 5) is 7.30. The second-order valence-electron chi connectivity index (χ2n) is 7.64. The van der Waals surface area contributed by atoms with Gasteiger partial charge in [0.15, 0.2) is 17.5 Å². The summed E-state index contributed by atoms with van der Waals surface area (Å²) in [6, 6.07) is 11.0. The number of methoxy groups -OCH3 is 1. The molecule has 0 atom stereocenters. The summed E-state index contributed by atoms with van der Waals surface area (Å²) in [5, 5.41) is 10.6. The number of benzene rings is 1. The zero-order valence-electron chi connectivity index (χ0n) is 19.0. The van der Waals surface area contributed by atoms with Gasteiger partial charge < -0.3 is 25.0 Å². The van der Waals surface area contributed by atoms with E-state index in [-0.39, 0.29) is 0 Å². The molecule has 1 saturated heterocycles. The Balaban J connectivity index is 1.46. The van der Waals surface area contributed by atoms with Crippen molar-refractivity contribution in [3.8, 4) is 11.5 Å². The number of thiophene rings is 1. The molecule has 1 aromatic heterocycles. The average Bonchev–Trinajstić information content (AvgIpc) is 3.33. The van der Waals surface area contributed by atoms with Crippen LogP contribution in [0.5, 0.6) is 11.5 Å². The van der Waals surface area contributed by atoms with Crippen molar-refractivity contribution in [2.45, 2.75) is 45.6 Å². The van der Waals surface area contributed by atoms with Crippen molar-refractivity contribution in [2.75, 3.05) is 44.8 Å². The minimum atomic E-state index is 0.476. The Morgan fingerprint density at radius 1 is 1.19 bits per heavy atom. The maximum Gasteiger partial charge on any atom is 0.191 e. The molecule has 31 heavy (non-hydrogen) atoms. The molecule has 0 spiro atoms. The van der Waals surface area contributed by atoms with Crippen LogP contribution in [-0.4, -0.2) is 51.9 Å². The fraction of sp³-hybridized carbons (Fsp3) is 0.542. The van der Waals surface area contributed by atoms with Gasteiger partial charge in [-0.1, -0.05) is 6.07 Å². The van der Waals surface area contributed by atoms with E-state index < -0.39 is 0 Å². The van der Waals surface area contributed by atoms with Crippen LogP contribution in [0.25, 0.3) is 0 Å². The van der Waals surface area contributed by atoms with Crippen molar-refractivity contribution in [1.29, 1.82) is 0 Å². The molecule has 7 heteroatoms. The van der Waals surface area contributed by atoms with E-state index in [2.05, 4.69) is 52.1 Å². The first-order valence-electron chi connectivity index (χ1n) is 11.4. The molecule has 0 radical (unpaired) electrons. The third-order valence-electron chi connectivity index (χ3n) is 5.42. The van der Waals surface area contributed by atoms with Crippen LogP contribution in [0.4, 0.5) is 5.00 Å². The van der Waals surface area contributed by atoms with Crippen LogP contribution in [-0.2, 0) is 6.42 Å². The number of rotatable bonds is 10. The number of hydrogen-bond acceptors (Lipinski definition) is 5. The molecular weight excluding hydrogens is 408 g/mol. The highest BCUT2D eigenvalue weighted by atomic mass is 32.1. The smallest absolute Gasteiger partial charge is 0.191 e. The molecule has 2 aromatic rings. The molecule has 0 bridgehead atoms. The van der Waals surface area contributed by atoms with E-state index in [1.807, 2.05) is 24.3 Å². The molecule has 2 heterocycles. The highest BCUT2D eigenvalue weighted by molar-refractivity contribution is 7.14. The van der Waals surface area contributed by atoms with Crippen LogP contribution in [0.1, 0.15) is 38.7 Å². The Hall–Kier alpha value is -2.41. The molecule has 0 unspecified atom stereocenters. The molecule has 3 rings (SSSR count). The third kappa shape index (κ3) is 7.06. The number of piperidine rings is 1. The third-order valence-corrected chi connectivity index (χ3v) is 6.35. The topological polar surface area (TPSA) is 58.1 Å². The van der Waals surface area contributed by atoms with Crippen LogP contribution < -0.4 is 25.0 Å². The maximum atomic E-state index is 5.69. The number of hydrogen-bond donors (Lipinski definition) is 2. The molecule has 0 amide bonds. The normalized spacial score (nSPS) is 15.1. The van der Waals surface area contributed by atoms with Gasteiger partial charge in [0.1, 0.15) is 0 Å². The second-order valence-corrected chi connectivity index (χ2v) is 8.57. The first-order chi connectivity index (χ1) is 15.2. The quantitative estimate of drug-likeness (QED) is 0.325. The summed E-state index contributed by atoms with van der Waals surface area (Å²) in [5.74, 6) is 2.53. The Morgan fingerprint density at radius 3 is 2.71 bits per heavy atom. The Labute approximate surface area is 190 Å². The first-order valence-corrected chi connectivity index (χ1v) is 12.2. The Kier molecular flexibility index (Phi) is 9.34. The predicted octanol–water partition coefficient (Wildman–Crippen LogP) is 4.31. The number of ether oxygens (including phenoxy) is 2. The fourth-order valence-electron chi connectivity index (χ4n) is 3.83. The Bertz CT molecular complexity index is 802. The van der Waals surface area contributed by atoms with Crippen molar-refractivity contribution in [3.05, 3.63) is 41.3 Å². The van der Waals surface area contributed by atoms with Gasteiger partial charge in [-0.3, -0.25) is 4.99 Å². The number of nitrogens with one attached hydrogen (secondary N) is 2. The van der Waals surface area contributed by atoms with Crippen molar-refractivity contribution < 1.29 is 9.47 Å². The van der Waals surface area contributed by atoms with Gasteiger partial charge in [-0.25, -0.2) is 0 Å². The highest BCUT2D eigenvalue weighted by Gasteiger charge is 2.20. The van der Waals surface area contributed by atoms with E-state index in [0.717, 1.165) is 69.3 Å². The van der Waals surface area contributed by atoms with Crippen LogP contribution in [0, 0.1) is 0 Å². The lowest BCUT2D eigenvalue weighted by Crippen LogP contribution is -2.48. The van der Waals surface area contributed by atoms with Crippen molar-refractivity contribution >= 4 is 22.3 Å². The van der Waals surface area contributed by atoms with E-state index in [9.17, 15) is 0 Å². The van der Waals surface area contributed by atoms with Gasteiger partial charge in [0.25, 0.3) is 0 Å². The lowest BCUT2D eigenvalue weighted by Gasteiger charge is -2.33. The zero-order valence-corrected chi connectivity index (χ0v) is 19.8. The van der Waals surface area contributed by atoms with E-state index in [0.29, 0.717) is 12.6 Å². The van der Waals surface area contributed by atoms with Gasteiger partial charge in [-0.05, 0) is 74.7 Å². The van der Waals surface area contributed by atoms with Crippen LogP contribution in [0.2, 0.25) is 0 Å². The number of guanidine groups is 1. The van der Waals surface area contributed by atoms with Gasteiger partial charge in [0.2, 0.25) is 0 Å². The number of aliphatic imine (C=N–C) groups is 1. The largest absolute Gasteiger partial charge is 0.493 e. The summed E-state index contributed by atoms with van der Waals surface area (Å²) in [6.07, 6.45) is 4.22. The molecule has 1 aromatic carbocycles. The molecule has 170 valence electrons. The standard InChI is InChI=1S/C24H36N4O2S/c1-4-25-24(27-20-12-15-28(16-13-20)23-9-7-17-31-23)26-14-6-8-19-10-11-21(29-3)22(18-19)30-5-2/h7,9-11,17-18,20H,4-6,8,12-16H2,1-3H3,(H2,25,26,27). The van der Waals surface area contributed by atoms with E-state index >= 15 is 0 Å². The SMILES string of the molecule is CCNC(=NCCCc1ccc(OC)c(OCC)c1)NC1CCN(c2cccs2)CC1. The molecular formula is C24H36N4O2S. The first kappa shape index (κ1) is 23.3. The molecule has 1 aliphatic heterocycles. The molecule has 0 aliphatic carbocycles. The van der Waals surface area contributed by atoms with Crippen molar-refractivity contribution in [3.63, 3.8) is 0 Å². The van der Waals surface area contributed by atoms with Gasteiger partial charge >= 0.3 is 0 Å². The van der Waals surface area contributed by atoms with Crippen LogP contribution in [0.3, 0.4) is 0 Å². The molecule has 1 aliphatic rings. The average molecular weight is 445 g/mol. The molecule has 1 fully saturated rings. The molecule has 2 N–H and O–H groups in total. The summed E-state index contributed by atoms with van der Waals surface area (Å²) in [5.41, 5.74) is 1.25. The van der Waals surface area contributed by atoms with Crippen LogP contribution >= 0.6 is 11.3 Å². The highest BCUT2D eigenvalue weighted by Crippen LogP contribution is 2.28.